The molecule has 2 fully saturated rings. The highest BCUT2D eigenvalue weighted by atomic mass is 16.5. The molecule has 2 saturated heterocycles. The Hall–Kier alpha value is -2.19. The Labute approximate surface area is 123 Å². The van der Waals surface area contributed by atoms with Gasteiger partial charge >= 0.3 is 0 Å². The van der Waals surface area contributed by atoms with Gasteiger partial charge in [-0.1, -0.05) is 0 Å². The van der Waals surface area contributed by atoms with Crippen LogP contribution in [0.15, 0.2) is 24.4 Å². The minimum absolute atomic E-state index is 0.562. The smallest absolute Gasteiger partial charge is 0.161 e. The van der Waals surface area contributed by atoms with Gasteiger partial charge in [-0.2, -0.15) is 5.26 Å². The molecular formula is C16H16N4O. The number of ether oxygens (including phenoxy) is 1. The largest absolute Gasteiger partial charge is 0.381 e. The van der Waals surface area contributed by atoms with Gasteiger partial charge in [-0.25, -0.2) is 9.97 Å². The number of aromatic nitrogens is 2. The van der Waals surface area contributed by atoms with Crippen LogP contribution < -0.4 is 4.90 Å². The van der Waals surface area contributed by atoms with Crippen molar-refractivity contribution in [3.05, 3.63) is 30.0 Å². The SMILES string of the molecule is N#Cc1cc2cccnc2nc1N1CCC2COCC2C1. The van der Waals surface area contributed by atoms with E-state index < -0.39 is 0 Å². The molecule has 0 N–H and O–H groups in total. The van der Waals surface area contributed by atoms with E-state index in [1.807, 2.05) is 18.2 Å². The summed E-state index contributed by atoms with van der Waals surface area (Å²) >= 11 is 0. The normalized spacial score (nSPS) is 24.8. The van der Waals surface area contributed by atoms with E-state index in [4.69, 9.17) is 4.74 Å². The Morgan fingerprint density at radius 3 is 3.14 bits per heavy atom. The quantitative estimate of drug-likeness (QED) is 0.799. The molecule has 0 radical (unpaired) electrons. The van der Waals surface area contributed by atoms with Gasteiger partial charge < -0.3 is 9.64 Å². The van der Waals surface area contributed by atoms with E-state index in [0.717, 1.165) is 43.9 Å². The van der Waals surface area contributed by atoms with Crippen molar-refractivity contribution >= 4 is 16.9 Å². The third-order valence-corrected chi connectivity index (χ3v) is 4.54. The monoisotopic (exact) mass is 280 g/mol. The number of nitriles is 1. The number of rotatable bonds is 1. The highest BCUT2D eigenvalue weighted by Gasteiger charge is 2.34. The molecular weight excluding hydrogens is 264 g/mol. The Kier molecular flexibility index (Phi) is 2.97. The lowest BCUT2D eigenvalue weighted by atomic mass is 9.88. The molecule has 2 aliphatic heterocycles. The van der Waals surface area contributed by atoms with Crippen molar-refractivity contribution in [3.8, 4) is 6.07 Å². The van der Waals surface area contributed by atoms with Crippen LogP contribution in [0.25, 0.3) is 11.0 Å². The lowest BCUT2D eigenvalue weighted by Crippen LogP contribution is -2.40. The van der Waals surface area contributed by atoms with Gasteiger partial charge in [0.25, 0.3) is 0 Å². The second-order valence-corrected chi connectivity index (χ2v) is 5.81. The molecule has 21 heavy (non-hydrogen) atoms. The first-order valence-electron chi connectivity index (χ1n) is 7.34. The standard InChI is InChI=1S/C16H16N4O/c17-7-13-6-11-2-1-4-18-15(11)19-16(13)20-5-3-12-9-21-10-14(12)8-20/h1-2,4,6,12,14H,3,5,8-10H2. The van der Waals surface area contributed by atoms with Crippen molar-refractivity contribution in [1.29, 1.82) is 5.26 Å². The molecule has 0 bridgehead atoms. The number of anilines is 1. The summed E-state index contributed by atoms with van der Waals surface area (Å²) in [5.74, 6) is 2.01. The van der Waals surface area contributed by atoms with Crippen molar-refractivity contribution in [2.45, 2.75) is 6.42 Å². The average molecular weight is 280 g/mol. The third-order valence-electron chi connectivity index (χ3n) is 4.54. The van der Waals surface area contributed by atoms with Crippen LogP contribution in [-0.4, -0.2) is 36.3 Å². The predicted octanol–water partition coefficient (Wildman–Crippen LogP) is 1.97. The van der Waals surface area contributed by atoms with Gasteiger partial charge in [0.1, 0.15) is 11.9 Å². The molecule has 0 aromatic carbocycles. The maximum atomic E-state index is 9.43. The van der Waals surface area contributed by atoms with E-state index >= 15 is 0 Å². The predicted molar refractivity (Wildman–Crippen MR) is 78.9 cm³/mol. The fourth-order valence-corrected chi connectivity index (χ4v) is 3.37. The van der Waals surface area contributed by atoms with Gasteiger partial charge in [0.15, 0.2) is 5.65 Å². The number of hydrogen-bond donors (Lipinski definition) is 0. The summed E-state index contributed by atoms with van der Waals surface area (Å²) in [5.41, 5.74) is 1.34. The van der Waals surface area contributed by atoms with E-state index in [2.05, 4.69) is 20.9 Å². The van der Waals surface area contributed by atoms with Gasteiger partial charge in [0, 0.05) is 37.2 Å². The van der Waals surface area contributed by atoms with E-state index in [0.29, 0.717) is 23.0 Å². The first-order valence-corrected chi connectivity index (χ1v) is 7.34. The molecule has 0 amide bonds. The Bertz CT molecular complexity index is 724. The summed E-state index contributed by atoms with van der Waals surface area (Å²) in [6.45, 7) is 3.57. The molecule has 0 spiro atoms. The van der Waals surface area contributed by atoms with E-state index in [9.17, 15) is 5.26 Å². The van der Waals surface area contributed by atoms with Crippen molar-refractivity contribution in [1.82, 2.24) is 9.97 Å². The van der Waals surface area contributed by atoms with Gasteiger partial charge in [-0.3, -0.25) is 0 Å². The lowest BCUT2D eigenvalue weighted by molar-refractivity contribution is 0.182. The second-order valence-electron chi connectivity index (χ2n) is 5.81. The van der Waals surface area contributed by atoms with E-state index in [1.54, 1.807) is 6.20 Å². The third kappa shape index (κ3) is 2.12. The zero-order valence-corrected chi connectivity index (χ0v) is 11.7. The first kappa shape index (κ1) is 12.5. The zero-order valence-electron chi connectivity index (χ0n) is 11.7. The molecule has 4 rings (SSSR count). The van der Waals surface area contributed by atoms with Crippen molar-refractivity contribution < 1.29 is 4.74 Å². The summed E-state index contributed by atoms with van der Waals surface area (Å²) in [4.78, 5) is 11.2. The number of hydrogen-bond acceptors (Lipinski definition) is 5. The lowest BCUT2D eigenvalue weighted by Gasteiger charge is -2.35. The molecule has 0 aliphatic carbocycles. The summed E-state index contributed by atoms with van der Waals surface area (Å²) in [5, 5.41) is 10.3. The summed E-state index contributed by atoms with van der Waals surface area (Å²) in [6, 6.07) is 7.98. The van der Waals surface area contributed by atoms with Crippen LogP contribution in [0.5, 0.6) is 0 Å². The molecule has 106 valence electrons. The zero-order chi connectivity index (χ0) is 14.2. The van der Waals surface area contributed by atoms with Crippen LogP contribution in [0.4, 0.5) is 5.82 Å². The highest BCUT2D eigenvalue weighted by Crippen LogP contribution is 2.33. The number of pyridine rings is 2. The van der Waals surface area contributed by atoms with Crippen molar-refractivity contribution in [2.75, 3.05) is 31.2 Å². The molecule has 2 aromatic rings. The van der Waals surface area contributed by atoms with Crippen LogP contribution in [0.1, 0.15) is 12.0 Å². The van der Waals surface area contributed by atoms with Gasteiger partial charge in [0.2, 0.25) is 0 Å². The average Bonchev–Trinajstić information content (AvgIpc) is 3.01. The number of piperidine rings is 1. The molecule has 2 unspecified atom stereocenters. The van der Waals surface area contributed by atoms with Crippen LogP contribution in [0.3, 0.4) is 0 Å². The molecule has 0 saturated carbocycles. The van der Waals surface area contributed by atoms with Gasteiger partial charge in [-0.15, -0.1) is 0 Å². The van der Waals surface area contributed by atoms with Gasteiger partial charge in [-0.05, 0) is 30.5 Å². The number of fused-ring (bicyclic) bond motifs is 2. The Morgan fingerprint density at radius 1 is 1.33 bits per heavy atom. The first-order chi connectivity index (χ1) is 10.3. The minimum atomic E-state index is 0.562. The molecule has 5 nitrogen and oxygen atoms in total. The Balaban J connectivity index is 1.73. The van der Waals surface area contributed by atoms with Gasteiger partial charge in [0.05, 0.1) is 12.2 Å². The fraction of sp³-hybridized carbons (Fsp3) is 0.438. The van der Waals surface area contributed by atoms with E-state index in [-0.39, 0.29) is 0 Å². The number of nitrogens with zero attached hydrogens (tertiary/aromatic N) is 4. The maximum Gasteiger partial charge on any atom is 0.161 e. The molecule has 2 atom stereocenters. The van der Waals surface area contributed by atoms with Crippen LogP contribution >= 0.6 is 0 Å². The van der Waals surface area contributed by atoms with Crippen LogP contribution in [0.2, 0.25) is 0 Å². The summed E-state index contributed by atoms with van der Waals surface area (Å²) in [6.07, 6.45) is 2.85. The highest BCUT2D eigenvalue weighted by molar-refractivity contribution is 5.79. The van der Waals surface area contributed by atoms with Crippen LogP contribution in [-0.2, 0) is 4.74 Å². The molecule has 2 aliphatic rings. The topological polar surface area (TPSA) is 62.0 Å². The maximum absolute atomic E-state index is 9.43. The van der Waals surface area contributed by atoms with Crippen molar-refractivity contribution in [2.24, 2.45) is 11.8 Å². The summed E-state index contributed by atoms with van der Waals surface area (Å²) in [7, 11) is 0. The fourth-order valence-electron chi connectivity index (χ4n) is 3.37. The second kappa shape index (κ2) is 4.97. The molecule has 5 heteroatoms. The molecule has 4 heterocycles. The Morgan fingerprint density at radius 2 is 2.24 bits per heavy atom. The van der Waals surface area contributed by atoms with Crippen molar-refractivity contribution in [3.63, 3.8) is 0 Å². The summed E-state index contributed by atoms with van der Waals surface area (Å²) < 4.78 is 5.58. The van der Waals surface area contributed by atoms with Crippen LogP contribution in [0, 0.1) is 23.2 Å². The minimum Gasteiger partial charge on any atom is -0.381 e. The van der Waals surface area contributed by atoms with E-state index in [1.165, 1.54) is 0 Å². The molecule has 2 aromatic heterocycles.